The molecule has 6 heteroatoms. The van der Waals surface area contributed by atoms with E-state index in [1.54, 1.807) is 39.0 Å². The lowest BCUT2D eigenvalue weighted by Crippen LogP contribution is -2.40. The van der Waals surface area contributed by atoms with E-state index < -0.39 is 15.6 Å². The van der Waals surface area contributed by atoms with E-state index in [2.05, 4.69) is 0 Å². The quantitative estimate of drug-likeness (QED) is 0.800. The minimum atomic E-state index is -3.69. The van der Waals surface area contributed by atoms with Crippen molar-refractivity contribution in [2.24, 2.45) is 0 Å². The summed E-state index contributed by atoms with van der Waals surface area (Å²) in [6.45, 7) is 4.81. The molecule has 0 aliphatic rings. The number of aliphatic hydroxyl groups is 1. The van der Waals surface area contributed by atoms with E-state index in [-0.39, 0.29) is 17.1 Å². The molecule has 1 rings (SSSR count). The van der Waals surface area contributed by atoms with Crippen LogP contribution in [0, 0.1) is 6.92 Å². The third-order valence-corrected chi connectivity index (χ3v) is 4.54. The van der Waals surface area contributed by atoms with Crippen LogP contribution in [-0.4, -0.2) is 37.0 Å². The van der Waals surface area contributed by atoms with Crippen molar-refractivity contribution in [2.75, 3.05) is 19.3 Å². The van der Waals surface area contributed by atoms with Gasteiger partial charge in [0.25, 0.3) is 0 Å². The molecule has 0 saturated carbocycles. The van der Waals surface area contributed by atoms with Crippen LogP contribution in [0.5, 0.6) is 0 Å². The molecule has 0 aliphatic heterocycles. The molecule has 5 nitrogen and oxygen atoms in total. The van der Waals surface area contributed by atoms with Gasteiger partial charge in [-0.3, -0.25) is 0 Å². The van der Waals surface area contributed by atoms with Crippen molar-refractivity contribution in [3.05, 3.63) is 23.8 Å². The third-order valence-electron chi connectivity index (χ3n) is 2.52. The Balaban J connectivity index is 3.22. The lowest BCUT2D eigenvalue weighted by atomic mass is 10.1. The zero-order valence-electron chi connectivity index (χ0n) is 11.1. The molecule has 0 atom stereocenters. The highest BCUT2D eigenvalue weighted by Gasteiger charge is 2.28. The van der Waals surface area contributed by atoms with Gasteiger partial charge in [-0.25, -0.2) is 8.42 Å². The number of aryl methyl sites for hydroxylation is 1. The summed E-state index contributed by atoms with van der Waals surface area (Å²) < 4.78 is 25.9. The maximum absolute atomic E-state index is 12.4. The third kappa shape index (κ3) is 3.22. The number of hydrogen-bond donors (Lipinski definition) is 2. The lowest BCUT2D eigenvalue weighted by molar-refractivity contribution is 0.0640. The van der Waals surface area contributed by atoms with Gasteiger partial charge >= 0.3 is 0 Å². The molecule has 0 amide bonds. The summed E-state index contributed by atoms with van der Waals surface area (Å²) in [5, 5.41) is 9.70. The Morgan fingerprint density at radius 1 is 1.39 bits per heavy atom. The van der Waals surface area contributed by atoms with Gasteiger partial charge in [-0.05, 0) is 32.4 Å². The van der Waals surface area contributed by atoms with E-state index in [9.17, 15) is 13.5 Å². The summed E-state index contributed by atoms with van der Waals surface area (Å²) in [5.41, 5.74) is 5.46. The number of likely N-dealkylation sites (N-methyl/N-ethyl adjacent to an activating group) is 1. The minimum Gasteiger partial charge on any atom is -0.398 e. The van der Waals surface area contributed by atoms with Crippen LogP contribution in [-0.2, 0) is 10.0 Å². The number of nitrogen functional groups attached to an aromatic ring is 1. The second-order valence-corrected chi connectivity index (χ2v) is 7.05. The Morgan fingerprint density at radius 3 is 2.39 bits per heavy atom. The van der Waals surface area contributed by atoms with E-state index in [4.69, 9.17) is 5.73 Å². The van der Waals surface area contributed by atoms with Crippen LogP contribution in [0.4, 0.5) is 5.69 Å². The maximum Gasteiger partial charge on any atom is 0.245 e. The molecule has 1 aromatic rings. The van der Waals surface area contributed by atoms with Gasteiger partial charge < -0.3 is 10.8 Å². The predicted molar refractivity (Wildman–Crippen MR) is 71.7 cm³/mol. The van der Waals surface area contributed by atoms with Gasteiger partial charge in [-0.1, -0.05) is 12.1 Å². The topological polar surface area (TPSA) is 83.6 Å². The van der Waals surface area contributed by atoms with E-state index in [0.717, 1.165) is 4.31 Å². The van der Waals surface area contributed by atoms with Crippen LogP contribution in [0.25, 0.3) is 0 Å². The molecule has 18 heavy (non-hydrogen) atoms. The van der Waals surface area contributed by atoms with Crippen LogP contribution in [0.2, 0.25) is 0 Å². The van der Waals surface area contributed by atoms with Gasteiger partial charge in [0.1, 0.15) is 4.90 Å². The van der Waals surface area contributed by atoms with Crippen molar-refractivity contribution in [3.8, 4) is 0 Å². The van der Waals surface area contributed by atoms with Crippen molar-refractivity contribution in [2.45, 2.75) is 31.3 Å². The molecule has 0 aromatic heterocycles. The number of nitrogens with two attached hydrogens (primary N) is 1. The molecule has 0 saturated heterocycles. The molecular formula is C12H20N2O3S. The van der Waals surface area contributed by atoms with Gasteiger partial charge in [-0.2, -0.15) is 4.31 Å². The SMILES string of the molecule is Cc1cccc(N)c1S(=O)(=O)N(C)CC(C)(C)O. The van der Waals surface area contributed by atoms with Gasteiger partial charge in [0.2, 0.25) is 10.0 Å². The van der Waals surface area contributed by atoms with Crippen LogP contribution < -0.4 is 5.73 Å². The maximum atomic E-state index is 12.4. The van der Waals surface area contributed by atoms with Crippen molar-refractivity contribution < 1.29 is 13.5 Å². The average Bonchev–Trinajstić information content (AvgIpc) is 2.13. The first-order chi connectivity index (χ1) is 8.05. The summed E-state index contributed by atoms with van der Waals surface area (Å²) in [4.78, 5) is 0.108. The van der Waals surface area contributed by atoms with Crippen molar-refractivity contribution in [1.29, 1.82) is 0 Å². The second-order valence-electron chi connectivity index (χ2n) is 5.07. The fourth-order valence-corrected chi connectivity index (χ4v) is 3.45. The highest BCUT2D eigenvalue weighted by molar-refractivity contribution is 7.89. The van der Waals surface area contributed by atoms with E-state index in [1.807, 2.05) is 0 Å². The smallest absolute Gasteiger partial charge is 0.245 e. The molecule has 0 aliphatic carbocycles. The highest BCUT2D eigenvalue weighted by atomic mass is 32.2. The molecule has 0 spiro atoms. The minimum absolute atomic E-state index is 0.00308. The Hall–Kier alpha value is -1.11. The summed E-state index contributed by atoms with van der Waals surface area (Å²) in [5.74, 6) is 0. The van der Waals surface area contributed by atoms with Gasteiger partial charge in [0.15, 0.2) is 0 Å². The Kier molecular flexibility index (Phi) is 4.05. The van der Waals surface area contributed by atoms with Gasteiger partial charge in [0, 0.05) is 13.6 Å². The second kappa shape index (κ2) is 4.87. The molecular weight excluding hydrogens is 252 g/mol. The van der Waals surface area contributed by atoms with Crippen molar-refractivity contribution in [1.82, 2.24) is 4.31 Å². The summed E-state index contributed by atoms with van der Waals surface area (Å²) in [6, 6.07) is 4.96. The first kappa shape index (κ1) is 14.9. The molecule has 0 bridgehead atoms. The molecule has 1 aromatic carbocycles. The first-order valence-electron chi connectivity index (χ1n) is 5.59. The fourth-order valence-electron chi connectivity index (χ4n) is 1.81. The number of hydrogen-bond acceptors (Lipinski definition) is 4. The van der Waals surface area contributed by atoms with E-state index in [1.165, 1.54) is 7.05 Å². The fraction of sp³-hybridized carbons (Fsp3) is 0.500. The van der Waals surface area contributed by atoms with Gasteiger partial charge in [0.05, 0.1) is 11.3 Å². The zero-order chi connectivity index (χ0) is 14.1. The number of sulfonamides is 1. The first-order valence-corrected chi connectivity index (χ1v) is 7.03. The van der Waals surface area contributed by atoms with Crippen molar-refractivity contribution in [3.63, 3.8) is 0 Å². The summed E-state index contributed by atoms with van der Waals surface area (Å²) >= 11 is 0. The Morgan fingerprint density at radius 2 is 1.94 bits per heavy atom. The molecule has 0 radical (unpaired) electrons. The Bertz CT molecular complexity index is 512. The van der Waals surface area contributed by atoms with Crippen LogP contribution in [0.15, 0.2) is 23.1 Å². The summed E-state index contributed by atoms with van der Waals surface area (Å²) in [6.07, 6.45) is 0. The predicted octanol–water partition coefficient (Wildman–Crippen LogP) is 0.969. The normalized spacial score (nSPS) is 13.0. The highest BCUT2D eigenvalue weighted by Crippen LogP contribution is 2.25. The molecule has 0 heterocycles. The van der Waals surface area contributed by atoms with E-state index in [0.29, 0.717) is 5.56 Å². The molecule has 0 fully saturated rings. The van der Waals surface area contributed by atoms with Gasteiger partial charge in [-0.15, -0.1) is 0 Å². The average molecular weight is 272 g/mol. The van der Waals surface area contributed by atoms with Crippen LogP contribution in [0.1, 0.15) is 19.4 Å². The Labute approximate surface area is 108 Å². The lowest BCUT2D eigenvalue weighted by Gasteiger charge is -2.26. The van der Waals surface area contributed by atoms with Crippen LogP contribution >= 0.6 is 0 Å². The molecule has 102 valence electrons. The van der Waals surface area contributed by atoms with Crippen molar-refractivity contribution >= 4 is 15.7 Å². The zero-order valence-corrected chi connectivity index (χ0v) is 12.0. The monoisotopic (exact) mass is 272 g/mol. The standard InChI is InChI=1S/C12H20N2O3S/c1-9-6-5-7-10(13)11(9)18(16,17)14(4)8-12(2,3)15/h5-7,15H,8,13H2,1-4H3. The van der Waals surface area contributed by atoms with E-state index >= 15 is 0 Å². The summed E-state index contributed by atoms with van der Waals surface area (Å²) in [7, 11) is -2.26. The molecule has 3 N–H and O–H groups in total. The number of rotatable bonds is 4. The largest absolute Gasteiger partial charge is 0.398 e. The number of anilines is 1. The van der Waals surface area contributed by atoms with Crippen LogP contribution in [0.3, 0.4) is 0 Å². The number of benzene rings is 1. The molecule has 0 unspecified atom stereocenters. The number of nitrogens with zero attached hydrogens (tertiary/aromatic N) is 1.